The lowest BCUT2D eigenvalue weighted by Gasteiger charge is -2.31. The molecule has 32 heavy (non-hydrogen) atoms. The van der Waals surface area contributed by atoms with Crippen LogP contribution in [-0.2, 0) is 11.3 Å². The fourth-order valence-electron chi connectivity index (χ4n) is 4.49. The van der Waals surface area contributed by atoms with Crippen LogP contribution in [-0.4, -0.2) is 33.7 Å². The number of fused-ring (bicyclic) bond motifs is 3. The second-order valence-electron chi connectivity index (χ2n) is 8.10. The van der Waals surface area contributed by atoms with Gasteiger partial charge in [-0.25, -0.2) is 0 Å². The normalized spacial score (nSPS) is 18.8. The molecule has 5 rings (SSSR count). The van der Waals surface area contributed by atoms with Gasteiger partial charge in [0, 0.05) is 37.4 Å². The molecule has 2 N–H and O–H groups in total. The zero-order valence-electron chi connectivity index (χ0n) is 17.5. The lowest BCUT2D eigenvalue weighted by atomic mass is 9.94. The first kappa shape index (κ1) is 20.7. The van der Waals surface area contributed by atoms with E-state index in [0.29, 0.717) is 58.6 Å². The Kier molecular flexibility index (Phi) is 5.40. The summed E-state index contributed by atoms with van der Waals surface area (Å²) >= 11 is 6.51. The molecule has 1 aliphatic rings. The Labute approximate surface area is 188 Å². The molecule has 3 aromatic heterocycles. The van der Waals surface area contributed by atoms with E-state index in [-0.39, 0.29) is 23.4 Å². The van der Waals surface area contributed by atoms with Crippen LogP contribution in [0.25, 0.3) is 21.8 Å². The molecular formula is C23H22ClN5O3. The van der Waals surface area contributed by atoms with Gasteiger partial charge in [0.25, 0.3) is 5.56 Å². The third-order valence-corrected chi connectivity index (χ3v) is 6.35. The van der Waals surface area contributed by atoms with Crippen LogP contribution >= 0.6 is 11.6 Å². The predicted molar refractivity (Wildman–Crippen MR) is 122 cm³/mol. The summed E-state index contributed by atoms with van der Waals surface area (Å²) in [6.07, 6.45) is 3.96. The van der Waals surface area contributed by atoms with Crippen LogP contribution in [0.3, 0.4) is 0 Å². The molecule has 4 heterocycles. The van der Waals surface area contributed by atoms with E-state index in [2.05, 4.69) is 20.8 Å². The zero-order chi connectivity index (χ0) is 22.2. The van der Waals surface area contributed by atoms with Gasteiger partial charge < -0.3 is 19.7 Å². The van der Waals surface area contributed by atoms with E-state index in [0.717, 1.165) is 5.56 Å². The Bertz CT molecular complexity index is 1370. The molecule has 2 atom stereocenters. The van der Waals surface area contributed by atoms with E-state index in [4.69, 9.17) is 16.1 Å². The first-order valence-electron chi connectivity index (χ1n) is 10.5. The van der Waals surface area contributed by atoms with Crippen molar-refractivity contribution >= 4 is 39.3 Å². The third-order valence-electron chi connectivity index (χ3n) is 6.04. The highest BCUT2D eigenvalue weighted by atomic mass is 35.5. The minimum atomic E-state index is -0.272. The fourth-order valence-corrected chi connectivity index (χ4v) is 4.75. The highest BCUT2D eigenvalue weighted by molar-refractivity contribution is 6.37. The van der Waals surface area contributed by atoms with Crippen LogP contribution in [0, 0.1) is 12.8 Å². The number of carbonyl (C=O) groups excluding carboxylic acids is 1. The first-order valence-corrected chi connectivity index (χ1v) is 10.9. The summed E-state index contributed by atoms with van der Waals surface area (Å²) in [6, 6.07) is 8.99. The molecule has 0 aliphatic carbocycles. The van der Waals surface area contributed by atoms with Crippen molar-refractivity contribution in [2.75, 3.05) is 13.1 Å². The summed E-state index contributed by atoms with van der Waals surface area (Å²) in [4.78, 5) is 30.5. The van der Waals surface area contributed by atoms with Crippen LogP contribution in [0.1, 0.15) is 23.8 Å². The Balaban J connectivity index is 1.49. The van der Waals surface area contributed by atoms with Crippen LogP contribution in [0.15, 0.2) is 52.0 Å². The maximum Gasteiger partial charge on any atom is 0.264 e. The van der Waals surface area contributed by atoms with Crippen LogP contribution < -0.4 is 16.2 Å². The van der Waals surface area contributed by atoms with Gasteiger partial charge in [0.1, 0.15) is 16.7 Å². The van der Waals surface area contributed by atoms with Crippen LogP contribution in [0.4, 0.5) is 0 Å². The summed E-state index contributed by atoms with van der Waals surface area (Å²) < 4.78 is 7.07. The minimum absolute atomic E-state index is 0.0522. The molecule has 1 aromatic carbocycles. The largest absolute Gasteiger partial charge is 0.360 e. The Morgan fingerprint density at radius 1 is 1.28 bits per heavy atom. The molecule has 8 nitrogen and oxygen atoms in total. The summed E-state index contributed by atoms with van der Waals surface area (Å²) in [6.45, 7) is 3.26. The molecule has 1 amide bonds. The van der Waals surface area contributed by atoms with Crippen molar-refractivity contribution in [1.82, 2.24) is 25.3 Å². The number of halogens is 1. The van der Waals surface area contributed by atoms with Gasteiger partial charge in [0.15, 0.2) is 0 Å². The first-order chi connectivity index (χ1) is 15.5. The molecule has 164 valence electrons. The van der Waals surface area contributed by atoms with Gasteiger partial charge >= 0.3 is 0 Å². The van der Waals surface area contributed by atoms with E-state index in [1.165, 1.54) is 0 Å². The average Bonchev–Trinajstić information content (AvgIpc) is 3.20. The van der Waals surface area contributed by atoms with Crippen LogP contribution in [0.5, 0.6) is 0 Å². The number of aryl methyl sites for hydroxylation is 1. The molecule has 0 saturated carbocycles. The number of aromatic nitrogens is 3. The molecular weight excluding hydrogens is 430 g/mol. The Hall–Kier alpha value is -3.23. The lowest BCUT2D eigenvalue weighted by Crippen LogP contribution is -2.46. The van der Waals surface area contributed by atoms with E-state index < -0.39 is 0 Å². The standard InChI is InChI=1S/C23H22ClN5O3/c1-13-19-21(28-32-13)20-17(24)5-2-6-18(20)29(23(19)31)16-8-15(11-26-12-16)22(30)27-10-14-4-3-7-25-9-14/h2-7,9,15-16,26H,8,10-12H2,1H3,(H,27,30). The van der Waals surface area contributed by atoms with E-state index in [9.17, 15) is 9.59 Å². The second-order valence-corrected chi connectivity index (χ2v) is 8.50. The quantitative estimate of drug-likeness (QED) is 0.494. The number of rotatable bonds is 4. The molecule has 1 saturated heterocycles. The van der Waals surface area contributed by atoms with E-state index >= 15 is 0 Å². The molecule has 0 radical (unpaired) electrons. The SMILES string of the molecule is Cc1onc2c1c(=O)n(C1CNCC(C(=O)NCc3cccnc3)C1)c1cccc(Cl)c21. The smallest absolute Gasteiger partial charge is 0.264 e. The predicted octanol–water partition coefficient (Wildman–Crippen LogP) is 2.97. The second kappa shape index (κ2) is 8.37. The fraction of sp³-hybridized carbons (Fsp3) is 0.304. The van der Waals surface area contributed by atoms with Crippen molar-refractivity contribution in [3.05, 3.63) is 69.4 Å². The monoisotopic (exact) mass is 451 g/mol. The Morgan fingerprint density at radius 2 is 2.16 bits per heavy atom. The third kappa shape index (κ3) is 3.55. The van der Waals surface area contributed by atoms with Gasteiger partial charge in [0.05, 0.1) is 22.5 Å². The van der Waals surface area contributed by atoms with Crippen molar-refractivity contribution in [3.8, 4) is 0 Å². The number of benzene rings is 1. The van der Waals surface area contributed by atoms with E-state index in [1.54, 1.807) is 30.0 Å². The highest BCUT2D eigenvalue weighted by Crippen LogP contribution is 2.33. The van der Waals surface area contributed by atoms with Crippen molar-refractivity contribution in [2.24, 2.45) is 5.92 Å². The van der Waals surface area contributed by atoms with Crippen molar-refractivity contribution in [2.45, 2.75) is 25.9 Å². The summed E-state index contributed by atoms with van der Waals surface area (Å²) in [5.41, 5.74) is 1.91. The number of piperidine rings is 1. The number of nitrogens with zero attached hydrogens (tertiary/aromatic N) is 3. The van der Waals surface area contributed by atoms with Gasteiger partial charge in [-0.2, -0.15) is 0 Å². The molecule has 4 aromatic rings. The topological polar surface area (TPSA) is 102 Å². The van der Waals surface area contributed by atoms with Gasteiger partial charge in [0.2, 0.25) is 5.91 Å². The number of pyridine rings is 2. The number of hydrogen-bond acceptors (Lipinski definition) is 6. The highest BCUT2D eigenvalue weighted by Gasteiger charge is 2.31. The summed E-state index contributed by atoms with van der Waals surface area (Å²) in [7, 11) is 0. The molecule has 0 spiro atoms. The average molecular weight is 452 g/mol. The van der Waals surface area contributed by atoms with Gasteiger partial charge in [-0.05, 0) is 37.1 Å². The van der Waals surface area contributed by atoms with Crippen molar-refractivity contribution in [1.29, 1.82) is 0 Å². The van der Waals surface area contributed by atoms with Gasteiger partial charge in [-0.15, -0.1) is 0 Å². The molecule has 2 unspecified atom stereocenters. The van der Waals surface area contributed by atoms with Gasteiger partial charge in [-0.3, -0.25) is 14.6 Å². The number of hydrogen-bond donors (Lipinski definition) is 2. The molecule has 1 fully saturated rings. The molecule has 1 aliphatic heterocycles. The summed E-state index contributed by atoms with van der Waals surface area (Å²) in [5.74, 6) is 0.129. The Morgan fingerprint density at radius 3 is 2.97 bits per heavy atom. The zero-order valence-corrected chi connectivity index (χ0v) is 18.2. The molecule has 0 bridgehead atoms. The maximum atomic E-state index is 13.5. The van der Waals surface area contributed by atoms with Crippen molar-refractivity contribution < 1.29 is 9.32 Å². The van der Waals surface area contributed by atoms with Crippen molar-refractivity contribution in [3.63, 3.8) is 0 Å². The molecule has 9 heteroatoms. The summed E-state index contributed by atoms with van der Waals surface area (Å²) in [5, 5.41) is 12.0. The lowest BCUT2D eigenvalue weighted by molar-refractivity contribution is -0.126. The minimum Gasteiger partial charge on any atom is -0.360 e. The number of amides is 1. The maximum absolute atomic E-state index is 13.5. The van der Waals surface area contributed by atoms with Crippen LogP contribution in [0.2, 0.25) is 5.02 Å². The van der Waals surface area contributed by atoms with Gasteiger partial charge in [-0.1, -0.05) is 28.9 Å². The van der Waals surface area contributed by atoms with E-state index in [1.807, 2.05) is 24.3 Å². The number of nitrogens with one attached hydrogen (secondary N) is 2. The number of carbonyl (C=O) groups is 1.